The zero-order valence-electron chi connectivity index (χ0n) is 26.9. The van der Waals surface area contributed by atoms with E-state index < -0.39 is 5.92 Å². The first-order valence-electron chi connectivity index (χ1n) is 15.8. The summed E-state index contributed by atoms with van der Waals surface area (Å²) in [4.78, 5) is 43.0. The Bertz CT molecular complexity index is 1660. The molecule has 1 N–H and O–H groups in total. The van der Waals surface area contributed by atoms with E-state index in [1.54, 1.807) is 0 Å². The van der Waals surface area contributed by atoms with Gasteiger partial charge in [0, 0.05) is 53.5 Å². The van der Waals surface area contributed by atoms with Crippen LogP contribution in [-0.2, 0) is 20.9 Å². The number of benzene rings is 3. The number of hydrogen-bond acceptors (Lipinski definition) is 5. The predicted molar refractivity (Wildman–Crippen MR) is 177 cm³/mol. The van der Waals surface area contributed by atoms with Crippen LogP contribution in [-0.4, -0.2) is 29.0 Å². The van der Waals surface area contributed by atoms with Crippen molar-refractivity contribution in [2.45, 2.75) is 72.8 Å². The molecule has 3 aliphatic rings. The summed E-state index contributed by atoms with van der Waals surface area (Å²) in [7, 11) is 0. The number of anilines is 1. The van der Waals surface area contributed by atoms with Crippen LogP contribution in [0.5, 0.6) is 5.75 Å². The molecule has 3 aromatic carbocycles. The molecule has 6 rings (SSSR count). The zero-order chi connectivity index (χ0) is 31.9. The van der Waals surface area contributed by atoms with Crippen molar-refractivity contribution in [3.63, 3.8) is 0 Å². The number of amides is 1. The fraction of sp³-hybridized carbons (Fsp3) is 0.359. The van der Waals surface area contributed by atoms with E-state index in [4.69, 9.17) is 4.74 Å². The van der Waals surface area contributed by atoms with Gasteiger partial charge in [-0.2, -0.15) is 0 Å². The predicted octanol–water partition coefficient (Wildman–Crippen LogP) is 7.90. The number of allylic oxidation sites excluding steroid dienone is 4. The van der Waals surface area contributed by atoms with Crippen molar-refractivity contribution >= 4 is 23.2 Å². The van der Waals surface area contributed by atoms with Gasteiger partial charge in [-0.3, -0.25) is 14.4 Å². The lowest BCUT2D eigenvalue weighted by molar-refractivity contribution is -0.120. The second-order valence-electron chi connectivity index (χ2n) is 14.3. The van der Waals surface area contributed by atoms with Crippen molar-refractivity contribution in [1.29, 1.82) is 0 Å². The Balaban J connectivity index is 1.35. The van der Waals surface area contributed by atoms with Crippen molar-refractivity contribution in [3.05, 3.63) is 118 Å². The Kier molecular flexibility index (Phi) is 8.02. The molecule has 0 atom stereocenters. The van der Waals surface area contributed by atoms with E-state index in [1.807, 2.05) is 73.7 Å². The largest absolute Gasteiger partial charge is 0.484 e. The second kappa shape index (κ2) is 11.8. The van der Waals surface area contributed by atoms with Gasteiger partial charge in [0.25, 0.3) is 5.91 Å². The highest BCUT2D eigenvalue weighted by Crippen LogP contribution is 2.54. The van der Waals surface area contributed by atoms with Crippen LogP contribution in [0.4, 0.5) is 5.69 Å². The number of carbonyl (C=O) groups is 3. The number of nitrogens with one attached hydrogen (secondary N) is 1. The number of carbonyl (C=O) groups excluding carboxylic acids is 3. The molecular weight excluding hydrogens is 560 g/mol. The first-order chi connectivity index (χ1) is 21.4. The molecule has 1 aliphatic heterocycles. The highest BCUT2D eigenvalue weighted by molar-refractivity contribution is 6.06. The molecule has 0 radical (unpaired) electrons. The lowest BCUT2D eigenvalue weighted by Gasteiger charge is -2.49. The van der Waals surface area contributed by atoms with Crippen LogP contribution in [0.2, 0.25) is 0 Å². The highest BCUT2D eigenvalue weighted by Gasteiger charge is 2.48. The van der Waals surface area contributed by atoms with E-state index in [-0.39, 0.29) is 34.9 Å². The average Bonchev–Trinajstić information content (AvgIpc) is 2.98. The Morgan fingerprint density at radius 3 is 1.91 bits per heavy atom. The lowest BCUT2D eigenvalue weighted by Crippen LogP contribution is -2.44. The molecule has 0 aromatic heterocycles. The zero-order valence-corrected chi connectivity index (χ0v) is 26.9. The van der Waals surface area contributed by atoms with E-state index in [0.29, 0.717) is 25.1 Å². The van der Waals surface area contributed by atoms with E-state index >= 15 is 0 Å². The number of nitrogens with zero attached hydrogens (tertiary/aromatic N) is 1. The number of Topliss-reactive ketones (excluding diaryl/α,β-unsaturated/α-hetero) is 2. The van der Waals surface area contributed by atoms with Crippen LogP contribution in [0.25, 0.3) is 0 Å². The summed E-state index contributed by atoms with van der Waals surface area (Å²) >= 11 is 0. The summed E-state index contributed by atoms with van der Waals surface area (Å²) < 4.78 is 5.84. The summed E-state index contributed by atoms with van der Waals surface area (Å²) in [6.45, 7) is 11.1. The molecule has 232 valence electrons. The molecule has 0 saturated carbocycles. The van der Waals surface area contributed by atoms with Crippen LogP contribution in [0.15, 0.2) is 101 Å². The van der Waals surface area contributed by atoms with Gasteiger partial charge in [0.1, 0.15) is 5.75 Å². The van der Waals surface area contributed by atoms with Crippen molar-refractivity contribution in [2.75, 3.05) is 11.9 Å². The van der Waals surface area contributed by atoms with E-state index in [0.717, 1.165) is 57.8 Å². The molecule has 2 aliphatic carbocycles. The third kappa shape index (κ3) is 6.37. The summed E-state index contributed by atoms with van der Waals surface area (Å²) in [6.07, 6.45) is 2.42. The van der Waals surface area contributed by atoms with E-state index in [1.165, 1.54) is 0 Å². The summed E-state index contributed by atoms with van der Waals surface area (Å²) in [5, 5.41) is 2.89. The Morgan fingerprint density at radius 2 is 1.33 bits per heavy atom. The van der Waals surface area contributed by atoms with E-state index in [9.17, 15) is 14.4 Å². The molecule has 0 saturated heterocycles. The quantitative estimate of drug-likeness (QED) is 0.298. The average molecular weight is 603 g/mol. The number of ether oxygens (including phenoxy) is 1. The third-order valence-electron chi connectivity index (χ3n) is 9.21. The standard InChI is InChI=1S/C39H42N2O4/c1-25-11-9-10-14-29(25)40-34(44)24-45-28-17-15-27(16-18-28)35-36-30(19-38(2,3)21-32(36)42)41(23-26-12-7-6-8-13-26)31-20-39(4,5)22-33(43)37(31)35/h6-18,35H,19-24H2,1-5H3,(H,40,44). The fourth-order valence-electron chi connectivity index (χ4n) is 7.14. The molecule has 0 fully saturated rings. The van der Waals surface area contributed by atoms with Gasteiger partial charge in [0.05, 0.1) is 0 Å². The van der Waals surface area contributed by atoms with Gasteiger partial charge in [0.15, 0.2) is 18.2 Å². The number of para-hydroxylation sites is 1. The van der Waals surface area contributed by atoms with Crippen molar-refractivity contribution in [2.24, 2.45) is 10.8 Å². The minimum Gasteiger partial charge on any atom is -0.484 e. The van der Waals surface area contributed by atoms with Crippen LogP contribution in [0.1, 0.15) is 76.0 Å². The molecule has 3 aromatic rings. The number of ketones is 2. The van der Waals surface area contributed by atoms with Gasteiger partial charge in [-0.1, -0.05) is 88.4 Å². The topological polar surface area (TPSA) is 75.7 Å². The lowest BCUT2D eigenvalue weighted by atomic mass is 9.63. The maximum absolute atomic E-state index is 14.1. The third-order valence-corrected chi connectivity index (χ3v) is 9.21. The minimum atomic E-state index is -0.423. The summed E-state index contributed by atoms with van der Waals surface area (Å²) in [6, 6.07) is 25.5. The number of hydrogen-bond donors (Lipinski definition) is 1. The van der Waals surface area contributed by atoms with E-state index in [2.05, 4.69) is 50.0 Å². The minimum absolute atomic E-state index is 0.113. The smallest absolute Gasteiger partial charge is 0.262 e. The molecule has 1 amide bonds. The first-order valence-corrected chi connectivity index (χ1v) is 15.8. The number of rotatable bonds is 7. The van der Waals surface area contributed by atoms with Gasteiger partial charge >= 0.3 is 0 Å². The summed E-state index contributed by atoms with van der Waals surface area (Å²) in [5.41, 5.74) is 7.01. The maximum Gasteiger partial charge on any atom is 0.262 e. The van der Waals surface area contributed by atoms with Crippen LogP contribution in [0.3, 0.4) is 0 Å². The molecule has 0 spiro atoms. The van der Waals surface area contributed by atoms with Gasteiger partial charge in [0.2, 0.25) is 0 Å². The molecule has 0 bridgehead atoms. The van der Waals surface area contributed by atoms with Crippen molar-refractivity contribution < 1.29 is 19.1 Å². The fourth-order valence-corrected chi connectivity index (χ4v) is 7.14. The molecule has 45 heavy (non-hydrogen) atoms. The molecule has 1 heterocycles. The normalized spacial score (nSPS) is 19.3. The van der Waals surface area contributed by atoms with Crippen LogP contribution < -0.4 is 10.1 Å². The highest BCUT2D eigenvalue weighted by atomic mass is 16.5. The van der Waals surface area contributed by atoms with Crippen LogP contribution >= 0.6 is 0 Å². The first kappa shape index (κ1) is 30.6. The maximum atomic E-state index is 14.1. The SMILES string of the molecule is Cc1ccccc1NC(=O)COc1ccc(C2C3=C(CC(C)(C)CC3=O)N(Cc3ccccc3)C3=C2C(=O)CC(C)(C)C3)cc1. The Hall–Kier alpha value is -4.45. The van der Waals surface area contributed by atoms with Gasteiger partial charge in [-0.05, 0) is 65.5 Å². The Labute approximate surface area is 266 Å². The summed E-state index contributed by atoms with van der Waals surface area (Å²) in [5.74, 6) is 0.112. The van der Waals surface area contributed by atoms with Crippen LogP contribution in [0, 0.1) is 17.8 Å². The molecule has 6 heteroatoms. The van der Waals surface area contributed by atoms with Gasteiger partial charge < -0.3 is 15.0 Å². The monoisotopic (exact) mass is 602 g/mol. The molecule has 0 unspecified atom stereocenters. The number of aryl methyl sites for hydroxylation is 1. The van der Waals surface area contributed by atoms with Crippen molar-refractivity contribution in [3.8, 4) is 5.75 Å². The molecule has 6 nitrogen and oxygen atoms in total. The van der Waals surface area contributed by atoms with Crippen molar-refractivity contribution in [1.82, 2.24) is 4.90 Å². The van der Waals surface area contributed by atoms with Gasteiger partial charge in [-0.15, -0.1) is 0 Å². The van der Waals surface area contributed by atoms with Gasteiger partial charge in [-0.25, -0.2) is 0 Å². The molecular formula is C39H42N2O4. The Morgan fingerprint density at radius 1 is 0.778 bits per heavy atom. The second-order valence-corrected chi connectivity index (χ2v) is 14.3.